The van der Waals surface area contributed by atoms with E-state index in [0.717, 1.165) is 47.8 Å². The molecular formula is C18H24N2O2S. The Morgan fingerprint density at radius 2 is 2.09 bits per heavy atom. The Hall–Kier alpha value is -1.75. The van der Waals surface area contributed by atoms with Crippen molar-refractivity contribution in [3.8, 4) is 0 Å². The van der Waals surface area contributed by atoms with Gasteiger partial charge >= 0.3 is 0 Å². The van der Waals surface area contributed by atoms with Crippen molar-refractivity contribution in [3.63, 3.8) is 0 Å². The van der Waals surface area contributed by atoms with Gasteiger partial charge in [-0.25, -0.2) is 0 Å². The molecule has 0 spiro atoms. The Bertz CT molecular complexity index is 639. The van der Waals surface area contributed by atoms with E-state index in [1.54, 1.807) is 11.8 Å². The molecule has 0 aliphatic carbocycles. The van der Waals surface area contributed by atoms with Crippen LogP contribution in [0.15, 0.2) is 39.8 Å². The Balaban J connectivity index is 2.10. The molecule has 0 aliphatic rings. The minimum atomic E-state index is 0.109. The van der Waals surface area contributed by atoms with Crippen molar-refractivity contribution in [2.24, 2.45) is 0 Å². The Kier molecular flexibility index (Phi) is 6.71. The number of nitrogens with zero attached hydrogens (tertiary/aromatic N) is 2. The molecule has 0 aliphatic heterocycles. The lowest BCUT2D eigenvalue weighted by Gasteiger charge is -2.21. The third-order valence-corrected chi connectivity index (χ3v) is 4.71. The van der Waals surface area contributed by atoms with Gasteiger partial charge < -0.3 is 9.42 Å². The van der Waals surface area contributed by atoms with Crippen molar-refractivity contribution in [3.05, 3.63) is 47.3 Å². The first-order chi connectivity index (χ1) is 11.2. The molecule has 0 saturated heterocycles. The van der Waals surface area contributed by atoms with Crippen LogP contribution < -0.4 is 0 Å². The van der Waals surface area contributed by atoms with Crippen LogP contribution in [0.5, 0.6) is 0 Å². The molecule has 0 saturated carbocycles. The maximum absolute atomic E-state index is 12.8. The van der Waals surface area contributed by atoms with Gasteiger partial charge in [0.1, 0.15) is 5.76 Å². The van der Waals surface area contributed by atoms with E-state index in [2.05, 4.69) is 12.1 Å². The minimum Gasteiger partial charge on any atom is -0.360 e. The Morgan fingerprint density at radius 1 is 1.30 bits per heavy atom. The highest BCUT2D eigenvalue weighted by molar-refractivity contribution is 7.98. The molecule has 1 amide bonds. The Labute approximate surface area is 142 Å². The molecule has 5 heteroatoms. The molecule has 2 rings (SSSR count). The lowest BCUT2D eigenvalue weighted by Crippen LogP contribution is -2.32. The van der Waals surface area contributed by atoms with Gasteiger partial charge in [0.2, 0.25) is 0 Å². The van der Waals surface area contributed by atoms with Crippen molar-refractivity contribution in [2.45, 2.75) is 44.3 Å². The predicted octanol–water partition coefficient (Wildman–Crippen LogP) is 4.54. The van der Waals surface area contributed by atoms with Crippen LogP contribution in [0.2, 0.25) is 0 Å². The molecule has 0 bridgehead atoms. The van der Waals surface area contributed by atoms with Crippen LogP contribution in [-0.4, -0.2) is 29.1 Å². The standard InChI is InChI=1S/C18H24N2O2S/c1-4-6-11-20(5-2)18(21)16-9-7-8-10-17(16)23-13-15-12-14(3)19-22-15/h7-10,12H,4-6,11,13H2,1-3H3. The van der Waals surface area contributed by atoms with E-state index >= 15 is 0 Å². The minimum absolute atomic E-state index is 0.109. The highest BCUT2D eigenvalue weighted by Crippen LogP contribution is 2.27. The third kappa shape index (κ3) is 4.86. The van der Waals surface area contributed by atoms with E-state index < -0.39 is 0 Å². The number of thioether (sulfide) groups is 1. The lowest BCUT2D eigenvalue weighted by molar-refractivity contribution is 0.0759. The van der Waals surface area contributed by atoms with E-state index in [0.29, 0.717) is 5.75 Å². The van der Waals surface area contributed by atoms with E-state index in [4.69, 9.17) is 4.52 Å². The number of unbranched alkanes of at least 4 members (excludes halogenated alkanes) is 1. The molecule has 1 heterocycles. The Morgan fingerprint density at radius 3 is 2.74 bits per heavy atom. The number of rotatable bonds is 8. The van der Waals surface area contributed by atoms with Crippen molar-refractivity contribution in [1.82, 2.24) is 10.1 Å². The number of carbonyl (C=O) groups is 1. The van der Waals surface area contributed by atoms with Gasteiger partial charge in [-0.3, -0.25) is 4.79 Å². The fourth-order valence-corrected chi connectivity index (χ4v) is 3.24. The second-order valence-corrected chi connectivity index (χ2v) is 6.47. The summed E-state index contributed by atoms with van der Waals surface area (Å²) >= 11 is 1.61. The van der Waals surface area contributed by atoms with Crippen molar-refractivity contribution in [1.29, 1.82) is 0 Å². The maximum Gasteiger partial charge on any atom is 0.254 e. The molecule has 0 radical (unpaired) electrons. The number of hydrogen-bond donors (Lipinski definition) is 0. The summed E-state index contributed by atoms with van der Waals surface area (Å²) in [6, 6.07) is 9.72. The second kappa shape index (κ2) is 8.77. The van der Waals surface area contributed by atoms with E-state index in [1.165, 1.54) is 0 Å². The van der Waals surface area contributed by atoms with Gasteiger partial charge in [0.05, 0.1) is 17.0 Å². The van der Waals surface area contributed by atoms with Crippen molar-refractivity contribution >= 4 is 17.7 Å². The quantitative estimate of drug-likeness (QED) is 0.666. The van der Waals surface area contributed by atoms with E-state index in [-0.39, 0.29) is 5.91 Å². The zero-order chi connectivity index (χ0) is 16.7. The molecule has 2 aromatic rings. The summed E-state index contributed by atoms with van der Waals surface area (Å²) in [7, 11) is 0. The molecule has 0 atom stereocenters. The fraction of sp³-hybridized carbons (Fsp3) is 0.444. The van der Waals surface area contributed by atoms with Crippen LogP contribution in [0.1, 0.15) is 48.5 Å². The van der Waals surface area contributed by atoms with Crippen LogP contribution in [0.25, 0.3) is 0 Å². The number of carbonyl (C=O) groups excluding carboxylic acids is 1. The van der Waals surface area contributed by atoms with Gasteiger partial charge in [-0.15, -0.1) is 11.8 Å². The highest BCUT2D eigenvalue weighted by atomic mass is 32.2. The molecule has 4 nitrogen and oxygen atoms in total. The average molecular weight is 332 g/mol. The smallest absolute Gasteiger partial charge is 0.254 e. The molecule has 0 unspecified atom stereocenters. The molecule has 1 aromatic carbocycles. The van der Waals surface area contributed by atoms with Gasteiger partial charge in [0, 0.05) is 24.1 Å². The molecule has 0 N–H and O–H groups in total. The summed E-state index contributed by atoms with van der Waals surface area (Å²) in [5.41, 5.74) is 1.65. The molecular weight excluding hydrogens is 308 g/mol. The van der Waals surface area contributed by atoms with Crippen LogP contribution in [0, 0.1) is 6.92 Å². The monoisotopic (exact) mass is 332 g/mol. The summed E-state index contributed by atoms with van der Waals surface area (Å²) in [5.74, 6) is 1.61. The number of aryl methyl sites for hydroxylation is 1. The number of amides is 1. The summed E-state index contributed by atoms with van der Waals surface area (Å²) in [6.07, 6.45) is 2.12. The second-order valence-electron chi connectivity index (χ2n) is 5.46. The van der Waals surface area contributed by atoms with Crippen molar-refractivity contribution in [2.75, 3.05) is 13.1 Å². The first-order valence-corrected chi connectivity index (χ1v) is 9.07. The van der Waals surface area contributed by atoms with Crippen LogP contribution >= 0.6 is 11.8 Å². The van der Waals surface area contributed by atoms with Gasteiger partial charge in [-0.05, 0) is 32.4 Å². The van der Waals surface area contributed by atoms with Crippen LogP contribution in [0.3, 0.4) is 0 Å². The number of benzene rings is 1. The highest BCUT2D eigenvalue weighted by Gasteiger charge is 2.17. The zero-order valence-corrected chi connectivity index (χ0v) is 14.9. The molecule has 1 aromatic heterocycles. The first kappa shape index (κ1) is 17.6. The summed E-state index contributed by atoms with van der Waals surface area (Å²) in [5, 5.41) is 3.90. The number of aromatic nitrogens is 1. The predicted molar refractivity (Wildman–Crippen MR) is 93.7 cm³/mol. The van der Waals surface area contributed by atoms with Crippen molar-refractivity contribution < 1.29 is 9.32 Å². The maximum atomic E-state index is 12.8. The topological polar surface area (TPSA) is 46.3 Å². The van der Waals surface area contributed by atoms with Gasteiger partial charge in [-0.2, -0.15) is 0 Å². The zero-order valence-electron chi connectivity index (χ0n) is 14.0. The van der Waals surface area contributed by atoms with Gasteiger partial charge in [-0.1, -0.05) is 30.6 Å². The molecule has 124 valence electrons. The third-order valence-electron chi connectivity index (χ3n) is 3.61. The van der Waals surface area contributed by atoms with Gasteiger partial charge in [0.25, 0.3) is 5.91 Å². The van der Waals surface area contributed by atoms with Crippen LogP contribution in [0.4, 0.5) is 0 Å². The fourth-order valence-electron chi connectivity index (χ4n) is 2.32. The first-order valence-electron chi connectivity index (χ1n) is 8.09. The average Bonchev–Trinajstić information content (AvgIpc) is 2.99. The number of hydrogen-bond acceptors (Lipinski definition) is 4. The lowest BCUT2D eigenvalue weighted by atomic mass is 10.2. The normalized spacial score (nSPS) is 10.7. The van der Waals surface area contributed by atoms with E-state index in [9.17, 15) is 4.79 Å². The summed E-state index contributed by atoms with van der Waals surface area (Å²) in [4.78, 5) is 15.7. The van der Waals surface area contributed by atoms with E-state index in [1.807, 2.05) is 49.1 Å². The summed E-state index contributed by atoms with van der Waals surface area (Å²) < 4.78 is 5.24. The molecule has 0 fully saturated rings. The largest absolute Gasteiger partial charge is 0.360 e. The van der Waals surface area contributed by atoms with Crippen LogP contribution in [-0.2, 0) is 5.75 Å². The summed E-state index contributed by atoms with van der Waals surface area (Å²) in [6.45, 7) is 7.62. The van der Waals surface area contributed by atoms with Gasteiger partial charge in [0.15, 0.2) is 0 Å². The SMILES string of the molecule is CCCCN(CC)C(=O)c1ccccc1SCc1cc(C)no1. The molecule has 23 heavy (non-hydrogen) atoms.